The molecule has 0 saturated carbocycles. The van der Waals surface area contributed by atoms with Crippen molar-refractivity contribution in [2.75, 3.05) is 26.9 Å². The smallest absolute Gasteiger partial charge is 0.229 e. The normalized spacial score (nSPS) is 22.5. The minimum Gasteiger partial charge on any atom is -0.491 e. The molecule has 25 heavy (non-hydrogen) atoms. The third-order valence-corrected chi connectivity index (χ3v) is 4.29. The maximum absolute atomic E-state index is 14.0. The predicted octanol–water partition coefficient (Wildman–Crippen LogP) is 2.99. The van der Waals surface area contributed by atoms with Crippen molar-refractivity contribution in [2.45, 2.75) is 25.1 Å². The van der Waals surface area contributed by atoms with Gasteiger partial charge in [0.15, 0.2) is 0 Å². The fourth-order valence-electron chi connectivity index (χ4n) is 3.16. The highest BCUT2D eigenvalue weighted by Crippen LogP contribution is 2.37. The van der Waals surface area contributed by atoms with Crippen LogP contribution in [0.5, 0.6) is 5.75 Å². The molecule has 7 heteroatoms. The molecule has 2 atom stereocenters. The SMILES string of the molecule is COCCOc1cc(F)cc(C2CCCN2C2=CO[C@@H](N=[N])C=C2)c1. The molecule has 0 spiro atoms. The van der Waals surface area contributed by atoms with Gasteiger partial charge in [0.2, 0.25) is 6.23 Å². The first-order valence-electron chi connectivity index (χ1n) is 8.28. The maximum Gasteiger partial charge on any atom is 0.229 e. The second-order valence-corrected chi connectivity index (χ2v) is 5.96. The molecule has 0 N–H and O–H groups in total. The first kappa shape index (κ1) is 17.4. The molecule has 0 amide bonds. The molecule has 1 aromatic carbocycles. The highest BCUT2D eigenvalue weighted by molar-refractivity contribution is 5.34. The van der Waals surface area contributed by atoms with Crippen LogP contribution in [-0.2, 0) is 9.47 Å². The second kappa shape index (κ2) is 8.11. The van der Waals surface area contributed by atoms with Crippen molar-refractivity contribution in [1.82, 2.24) is 10.4 Å². The van der Waals surface area contributed by atoms with Crippen molar-refractivity contribution < 1.29 is 18.6 Å². The van der Waals surface area contributed by atoms with E-state index in [1.807, 2.05) is 12.1 Å². The van der Waals surface area contributed by atoms with E-state index in [1.54, 1.807) is 25.5 Å². The van der Waals surface area contributed by atoms with Crippen LogP contribution in [0.1, 0.15) is 24.4 Å². The Labute approximate surface area is 146 Å². The predicted molar refractivity (Wildman–Crippen MR) is 89.1 cm³/mol. The van der Waals surface area contributed by atoms with Gasteiger partial charge in [-0.25, -0.2) is 4.39 Å². The monoisotopic (exact) mass is 346 g/mol. The zero-order valence-electron chi connectivity index (χ0n) is 14.1. The average molecular weight is 346 g/mol. The highest BCUT2D eigenvalue weighted by atomic mass is 19.1. The molecule has 6 nitrogen and oxygen atoms in total. The fourth-order valence-corrected chi connectivity index (χ4v) is 3.16. The van der Waals surface area contributed by atoms with E-state index in [9.17, 15) is 4.39 Å². The van der Waals surface area contributed by atoms with E-state index in [0.717, 1.165) is 30.6 Å². The zero-order chi connectivity index (χ0) is 17.6. The van der Waals surface area contributed by atoms with E-state index in [0.29, 0.717) is 19.0 Å². The summed E-state index contributed by atoms with van der Waals surface area (Å²) in [5.41, 5.74) is 10.5. The standard InChI is InChI=1S/C18H21FN3O3/c1-23-7-8-24-16-10-13(9-14(19)11-16)17-3-2-6-22(17)15-4-5-18(21-20)25-12-15/h4-5,9-12,17-18H,2-3,6-8H2,1H3/t17?,18-/m1/s1. The van der Waals surface area contributed by atoms with Crippen LogP contribution in [0.3, 0.4) is 0 Å². The van der Waals surface area contributed by atoms with Gasteiger partial charge in [-0.15, -0.1) is 5.11 Å². The number of benzene rings is 1. The Morgan fingerprint density at radius 1 is 1.36 bits per heavy atom. The lowest BCUT2D eigenvalue weighted by Crippen LogP contribution is -2.24. The number of likely N-dealkylation sites (tertiary alicyclic amines) is 1. The molecular formula is C18H21FN3O3. The van der Waals surface area contributed by atoms with Crippen molar-refractivity contribution >= 4 is 0 Å². The number of nitrogens with zero attached hydrogens (tertiary/aromatic N) is 3. The van der Waals surface area contributed by atoms with Gasteiger partial charge in [0, 0.05) is 19.7 Å². The van der Waals surface area contributed by atoms with E-state index in [-0.39, 0.29) is 11.9 Å². The van der Waals surface area contributed by atoms with E-state index < -0.39 is 6.23 Å². The number of halogens is 1. The van der Waals surface area contributed by atoms with Crippen LogP contribution in [0.2, 0.25) is 0 Å². The fraction of sp³-hybridized carbons (Fsp3) is 0.444. The molecule has 1 saturated heterocycles. The van der Waals surface area contributed by atoms with Crippen molar-refractivity contribution in [2.24, 2.45) is 5.11 Å². The van der Waals surface area contributed by atoms with Gasteiger partial charge in [-0.3, -0.25) is 0 Å². The van der Waals surface area contributed by atoms with Crippen molar-refractivity contribution in [1.29, 1.82) is 0 Å². The molecule has 1 fully saturated rings. The molecule has 0 aromatic heterocycles. The van der Waals surface area contributed by atoms with E-state index in [4.69, 9.17) is 19.7 Å². The number of ether oxygens (including phenoxy) is 3. The van der Waals surface area contributed by atoms with Crippen LogP contribution in [0.4, 0.5) is 4.39 Å². The van der Waals surface area contributed by atoms with Gasteiger partial charge in [-0.05, 0) is 48.2 Å². The quantitative estimate of drug-likeness (QED) is 0.562. The summed E-state index contributed by atoms with van der Waals surface area (Å²) in [5, 5.41) is 3.10. The summed E-state index contributed by atoms with van der Waals surface area (Å²) in [7, 11) is 1.60. The molecule has 1 aromatic rings. The van der Waals surface area contributed by atoms with Gasteiger partial charge >= 0.3 is 0 Å². The van der Waals surface area contributed by atoms with Crippen LogP contribution >= 0.6 is 0 Å². The zero-order valence-corrected chi connectivity index (χ0v) is 14.1. The lowest BCUT2D eigenvalue weighted by atomic mass is 10.0. The van der Waals surface area contributed by atoms with E-state index in [2.05, 4.69) is 10.0 Å². The molecule has 1 radical (unpaired) electrons. The molecule has 2 heterocycles. The third kappa shape index (κ3) is 4.17. The summed E-state index contributed by atoms with van der Waals surface area (Å²) in [5.74, 6) is 0.183. The Morgan fingerprint density at radius 2 is 2.24 bits per heavy atom. The summed E-state index contributed by atoms with van der Waals surface area (Å²) in [6, 6.07) is 4.85. The third-order valence-electron chi connectivity index (χ3n) is 4.29. The number of rotatable bonds is 7. The summed E-state index contributed by atoms with van der Waals surface area (Å²) < 4.78 is 29.9. The lowest BCUT2D eigenvalue weighted by Gasteiger charge is -2.29. The largest absolute Gasteiger partial charge is 0.491 e. The molecule has 3 rings (SSSR count). The van der Waals surface area contributed by atoms with Crippen LogP contribution in [-0.4, -0.2) is 38.0 Å². The van der Waals surface area contributed by atoms with Crippen molar-refractivity contribution in [3.8, 4) is 5.75 Å². The minimum absolute atomic E-state index is 0.0441. The Morgan fingerprint density at radius 3 is 2.96 bits per heavy atom. The number of methoxy groups -OCH3 is 1. The van der Waals surface area contributed by atoms with Gasteiger partial charge in [0.25, 0.3) is 0 Å². The molecule has 1 unspecified atom stereocenters. The van der Waals surface area contributed by atoms with Crippen LogP contribution in [0, 0.1) is 5.82 Å². The first-order chi connectivity index (χ1) is 12.2. The first-order valence-corrected chi connectivity index (χ1v) is 8.28. The number of hydrogen-bond donors (Lipinski definition) is 0. The van der Waals surface area contributed by atoms with Crippen LogP contribution < -0.4 is 10.3 Å². The van der Waals surface area contributed by atoms with Gasteiger partial charge < -0.3 is 19.1 Å². The summed E-state index contributed by atoms with van der Waals surface area (Å²) in [6.45, 7) is 1.68. The van der Waals surface area contributed by atoms with Crippen LogP contribution in [0.25, 0.3) is 0 Å². The maximum atomic E-state index is 14.0. The summed E-state index contributed by atoms with van der Waals surface area (Å²) >= 11 is 0. The summed E-state index contributed by atoms with van der Waals surface area (Å²) in [6.07, 6.45) is 6.37. The Bertz CT molecular complexity index is 678. The minimum atomic E-state index is -0.667. The molecule has 2 aliphatic rings. The Kier molecular flexibility index (Phi) is 5.65. The average Bonchev–Trinajstić information content (AvgIpc) is 3.11. The Balaban J connectivity index is 1.77. The molecule has 133 valence electrons. The van der Waals surface area contributed by atoms with Gasteiger partial charge in [0.05, 0.1) is 18.3 Å². The lowest BCUT2D eigenvalue weighted by molar-refractivity contribution is 0.146. The topological polar surface area (TPSA) is 65.6 Å². The van der Waals surface area contributed by atoms with Crippen molar-refractivity contribution in [3.05, 3.63) is 53.7 Å². The molecule has 0 aliphatic carbocycles. The highest BCUT2D eigenvalue weighted by Gasteiger charge is 2.29. The Hall–Kier alpha value is -2.41. The molecular weight excluding hydrogens is 325 g/mol. The number of allylic oxidation sites excluding steroid dienone is 1. The van der Waals surface area contributed by atoms with Crippen molar-refractivity contribution in [3.63, 3.8) is 0 Å². The second-order valence-electron chi connectivity index (χ2n) is 5.96. The van der Waals surface area contributed by atoms with Crippen LogP contribution in [0.15, 0.2) is 47.4 Å². The van der Waals surface area contributed by atoms with Gasteiger partial charge in [-0.1, -0.05) is 0 Å². The molecule has 2 aliphatic heterocycles. The number of hydrogen-bond acceptors (Lipinski definition) is 5. The van der Waals surface area contributed by atoms with Gasteiger partial charge in [0.1, 0.15) is 24.4 Å². The van der Waals surface area contributed by atoms with E-state index in [1.165, 1.54) is 6.07 Å². The molecule has 0 bridgehead atoms. The van der Waals surface area contributed by atoms with E-state index >= 15 is 0 Å². The summed E-state index contributed by atoms with van der Waals surface area (Å²) in [4.78, 5) is 2.16. The van der Waals surface area contributed by atoms with Gasteiger partial charge in [-0.2, -0.15) is 0 Å².